The van der Waals surface area contributed by atoms with Gasteiger partial charge in [-0.15, -0.1) is 0 Å². The molecule has 12 aliphatic heterocycles. The number of hydrogen-bond acceptors (Lipinski definition) is 26. The molecule has 46 heteroatoms. The lowest BCUT2D eigenvalue weighted by molar-refractivity contribution is 0.0260. The van der Waals surface area contributed by atoms with Crippen molar-refractivity contribution >= 4 is 163 Å². The van der Waals surface area contributed by atoms with E-state index < -0.39 is 163 Å². The van der Waals surface area contributed by atoms with E-state index in [9.17, 15) is 9.59 Å². The second kappa shape index (κ2) is 19.0. The van der Waals surface area contributed by atoms with Gasteiger partial charge in [-0.05, 0) is 25.7 Å². The van der Waals surface area contributed by atoms with Crippen LogP contribution in [0.1, 0.15) is 38.5 Å². The summed E-state index contributed by atoms with van der Waals surface area (Å²) < 4.78 is 144. The van der Waals surface area contributed by atoms with E-state index in [-0.39, 0.29) is 37.3 Å². The minimum Gasteiger partial charge on any atom is -0.371 e. The van der Waals surface area contributed by atoms with Gasteiger partial charge in [-0.1, -0.05) is 12.8 Å². The summed E-state index contributed by atoms with van der Waals surface area (Å²) in [5.41, 5.74) is 0. The van der Waals surface area contributed by atoms with Gasteiger partial charge in [0.15, 0.2) is 0 Å². The molecule has 13 rings (SSSR count). The van der Waals surface area contributed by atoms with E-state index in [2.05, 4.69) is 21.3 Å². The van der Waals surface area contributed by atoms with Crippen LogP contribution in [-0.4, -0.2) is 188 Å². The molecule has 0 spiro atoms. The van der Waals surface area contributed by atoms with Crippen LogP contribution in [0, 0.1) is 0 Å². The van der Waals surface area contributed by atoms with Crippen LogP contribution < -0.4 is 21.3 Å². The third kappa shape index (κ3) is 10.4. The lowest BCUT2D eigenvalue weighted by atomic mass is 9.90. The molecule has 60 heavy (non-hydrogen) atoms. The smallest absolute Gasteiger partial charge is 0.371 e. The van der Waals surface area contributed by atoms with Gasteiger partial charge in [-0.3, -0.25) is 0 Å². The Bertz CT molecular complexity index is 1320. The number of nitrogens with one attached hydrogen (secondary N) is 4. The van der Waals surface area contributed by atoms with Gasteiger partial charge < -0.3 is 120 Å². The Labute approximate surface area is 366 Å². The van der Waals surface area contributed by atoms with Crippen LogP contribution in [0.2, 0.25) is 12.1 Å². The van der Waals surface area contributed by atoms with Crippen molar-refractivity contribution in [1.82, 2.24) is 21.3 Å². The molecule has 1 aliphatic carbocycles. The highest BCUT2D eigenvalue weighted by atomic mass is 28.6. The van der Waals surface area contributed by atoms with Crippen LogP contribution in [0.5, 0.6) is 0 Å². The van der Waals surface area contributed by atoms with E-state index in [0.29, 0.717) is 25.7 Å². The van der Waals surface area contributed by atoms with Crippen LogP contribution in [0.15, 0.2) is 0 Å². The molecule has 0 aromatic carbocycles. The lowest BCUT2D eigenvalue weighted by Crippen LogP contribution is -2.72. The fraction of sp³-hybridized carbons (Fsp3) is 0.857. The summed E-state index contributed by atoms with van der Waals surface area (Å²) in [7, 11) is -41.7. The summed E-state index contributed by atoms with van der Waals surface area (Å²) in [4.78, 5) is 26.3. The van der Waals surface area contributed by atoms with Crippen molar-refractivity contribution in [3.63, 3.8) is 0 Å². The average molecular weight is 1120 g/mol. The van der Waals surface area contributed by atoms with Crippen molar-refractivity contribution in [2.24, 2.45) is 0 Å². The molecule has 30 nitrogen and oxygen atoms in total. The Balaban J connectivity index is 0.650. The van der Waals surface area contributed by atoms with Gasteiger partial charge in [0.1, 0.15) is 0 Å². The first-order chi connectivity index (χ1) is 29.2. The summed E-state index contributed by atoms with van der Waals surface area (Å²) in [6.45, 7) is 0.458. The Morgan fingerprint density at radius 1 is 0.383 bits per heavy atom. The van der Waals surface area contributed by atoms with E-state index >= 15 is 0 Å². The molecule has 13 aliphatic rings. The van der Waals surface area contributed by atoms with Crippen LogP contribution in [-0.2, 0) is 98.8 Å². The second-order valence-electron chi connectivity index (χ2n) is 12.8. The maximum absolute atomic E-state index is 13.1. The minimum atomic E-state index is -3.66. The minimum absolute atomic E-state index is 0.225. The van der Waals surface area contributed by atoms with Gasteiger partial charge in [0.25, 0.3) is 0 Å². The molecule has 1 saturated carbocycles. The van der Waals surface area contributed by atoms with Crippen LogP contribution in [0.4, 0.5) is 9.59 Å². The zero-order valence-electron chi connectivity index (χ0n) is 29.8. The zero-order chi connectivity index (χ0) is 40.3. The summed E-state index contributed by atoms with van der Waals surface area (Å²) in [6.07, 6.45) is 3.87. The first-order valence-electron chi connectivity index (χ1n) is 17.8. The SMILES string of the molecule is O=C(NCCC[Si]12O[Si]3O[Si]4O[Si]5O[Si](O3)O[Si](O[Si](O5)O[Si](O4)O1)O2)N[C@H]1CCCC[C@@H]1NC(=O)NCCC[Si]12O[Si]3O[Si]4O[Si]5O[Si](O3)O[Si](O[Si](O5)O[Si](O4)O1)O2. The van der Waals surface area contributed by atoms with Crippen LogP contribution >= 0.6 is 0 Å². The van der Waals surface area contributed by atoms with Crippen LogP contribution in [0.25, 0.3) is 0 Å². The van der Waals surface area contributed by atoms with E-state index in [0.717, 1.165) is 12.8 Å². The molecule has 12 saturated heterocycles. The monoisotopic (exact) mass is 1110 g/mol. The number of urea groups is 2. The highest BCUT2D eigenvalue weighted by molar-refractivity contribution is 6.88. The standard InChI is InChI=1S/C14H26N4O26Si16/c19-13(15-7-3-9-59-39-53-27-47-21-45-22-48(29-53)31-55(41-59)32-49(23-45)30-54(28-47)40-59)17-11-5-1-2-6-12(11)18-14(20)16-8-4-10-60-42-56-33-50-24-46-25-51(35-56)37-58(44-60)38-52(26-46)36-57(34-50)43-60/h11-12H,1-10H2,(H2,15,17,19)(H2,16,18,20)/t11-,12-/m0/s1. The lowest BCUT2D eigenvalue weighted by Gasteiger charge is -2.45. The summed E-state index contributed by atoms with van der Waals surface area (Å²) >= 11 is 0. The predicted molar refractivity (Wildman–Crippen MR) is 196 cm³/mol. The molecule has 0 unspecified atom stereocenters. The molecular formula is C14H26N4O26Si16. The van der Waals surface area contributed by atoms with E-state index in [4.69, 9.17) is 98.8 Å². The number of rotatable bonds is 10. The molecule has 0 aromatic rings. The van der Waals surface area contributed by atoms with E-state index in [1.807, 2.05) is 0 Å². The first-order valence-corrected chi connectivity index (χ1v) is 38.9. The topological polar surface area (TPSA) is 304 Å². The predicted octanol–water partition coefficient (Wildman–Crippen LogP) is -6.12. The largest absolute Gasteiger partial charge is 0.553 e. The molecule has 12 heterocycles. The molecule has 14 radical (unpaired) electrons. The van der Waals surface area contributed by atoms with Gasteiger partial charge in [0, 0.05) is 25.2 Å². The number of amides is 4. The molecular weight excluding hydrogens is 1090 g/mol. The van der Waals surface area contributed by atoms with Crippen molar-refractivity contribution < 1.29 is 108 Å². The van der Waals surface area contributed by atoms with E-state index in [1.165, 1.54) is 0 Å². The van der Waals surface area contributed by atoms with Gasteiger partial charge >= 0.3 is 163 Å². The fourth-order valence-electron chi connectivity index (χ4n) is 6.22. The Hall–Kier alpha value is 1.05. The Morgan fingerprint density at radius 3 is 0.867 bits per heavy atom. The number of hydrogen-bond donors (Lipinski definition) is 4. The average Bonchev–Trinajstić information content (AvgIpc) is 3.09. The maximum atomic E-state index is 13.1. The highest BCUT2D eigenvalue weighted by Crippen LogP contribution is 2.34. The Kier molecular flexibility index (Phi) is 13.8. The molecule has 2 atom stereocenters. The zero-order valence-corrected chi connectivity index (χ0v) is 45.8. The molecule has 16 bridgehead atoms. The third-order valence-corrected chi connectivity index (χ3v) is 46.1. The summed E-state index contributed by atoms with van der Waals surface area (Å²) in [5.74, 6) is 0. The third-order valence-electron chi connectivity index (χ3n) is 8.72. The van der Waals surface area contributed by atoms with Gasteiger partial charge in [0.2, 0.25) is 0 Å². The molecule has 322 valence electrons. The normalized spacial score (nSPS) is 33.0. The molecule has 4 N–H and O–H groups in total. The van der Waals surface area contributed by atoms with Crippen LogP contribution in [0.3, 0.4) is 0 Å². The summed E-state index contributed by atoms with van der Waals surface area (Å²) in [5, 5.41) is 11.8. The van der Waals surface area contributed by atoms with Gasteiger partial charge in [-0.2, -0.15) is 0 Å². The van der Waals surface area contributed by atoms with Crippen molar-refractivity contribution in [2.45, 2.75) is 62.7 Å². The van der Waals surface area contributed by atoms with Crippen molar-refractivity contribution in [1.29, 1.82) is 0 Å². The molecule has 4 amide bonds. The van der Waals surface area contributed by atoms with Crippen molar-refractivity contribution in [3.8, 4) is 0 Å². The van der Waals surface area contributed by atoms with Gasteiger partial charge in [-0.25, -0.2) is 9.59 Å². The first kappa shape index (κ1) is 43.6. The fourth-order valence-corrected chi connectivity index (χ4v) is 51.8. The second-order valence-corrected chi connectivity index (χ2v) is 43.1. The quantitative estimate of drug-likeness (QED) is 0.117. The summed E-state index contributed by atoms with van der Waals surface area (Å²) in [6, 6.07) is -0.982. The van der Waals surface area contributed by atoms with Crippen molar-refractivity contribution in [2.75, 3.05) is 13.1 Å². The maximum Gasteiger partial charge on any atom is 0.553 e. The van der Waals surface area contributed by atoms with Gasteiger partial charge in [0.05, 0.1) is 12.1 Å². The number of carbonyl (C=O) groups is 2. The van der Waals surface area contributed by atoms with Crippen molar-refractivity contribution in [3.05, 3.63) is 0 Å². The number of carbonyl (C=O) groups excluding carboxylic acids is 2. The molecule has 0 aromatic heterocycles. The molecule has 13 fully saturated rings. The highest BCUT2D eigenvalue weighted by Gasteiger charge is 2.67. The Morgan fingerprint density at radius 2 is 0.617 bits per heavy atom. The van der Waals surface area contributed by atoms with E-state index in [1.54, 1.807) is 0 Å².